The molecule has 0 saturated carbocycles. The van der Waals surface area contributed by atoms with Gasteiger partial charge in [0.05, 0.1) is 12.7 Å². The molecule has 132 valence electrons. The molecule has 0 aliphatic rings. The van der Waals surface area contributed by atoms with Crippen LogP contribution in [0.1, 0.15) is 16.7 Å². The maximum Gasteiger partial charge on any atom is 0.191 e. The van der Waals surface area contributed by atoms with E-state index in [0.717, 1.165) is 48.7 Å². The van der Waals surface area contributed by atoms with Crippen molar-refractivity contribution in [2.75, 3.05) is 20.1 Å². The minimum Gasteiger partial charge on any atom is -0.356 e. The zero-order valence-electron chi connectivity index (χ0n) is 14.3. The molecule has 2 aromatic rings. The summed E-state index contributed by atoms with van der Waals surface area (Å²) in [5.74, 6) is 0.569. The van der Waals surface area contributed by atoms with Crippen LogP contribution in [0, 0.1) is 19.7 Å². The van der Waals surface area contributed by atoms with Crippen molar-refractivity contribution in [1.82, 2.24) is 20.4 Å². The standard InChI is InChI=1S/C17H24FN5.HI/c1-13-11-22-23(12-13)9-8-21-17(19-3)20-7-6-15-4-5-16(18)10-14(15)2;/h4-5,10-12H,6-9H2,1-3H3,(H2,19,20,21);1H. The normalized spacial score (nSPS) is 11.1. The molecule has 0 spiro atoms. The first-order valence-corrected chi connectivity index (χ1v) is 7.77. The van der Waals surface area contributed by atoms with E-state index >= 15 is 0 Å². The molecule has 0 fully saturated rings. The fourth-order valence-corrected chi connectivity index (χ4v) is 2.35. The zero-order chi connectivity index (χ0) is 16.7. The summed E-state index contributed by atoms with van der Waals surface area (Å²) in [5, 5.41) is 10.8. The molecule has 1 heterocycles. The van der Waals surface area contributed by atoms with Gasteiger partial charge in [0.2, 0.25) is 0 Å². The third-order valence-corrected chi connectivity index (χ3v) is 3.61. The highest BCUT2D eigenvalue weighted by Gasteiger charge is 2.02. The smallest absolute Gasteiger partial charge is 0.191 e. The number of nitrogens with one attached hydrogen (secondary N) is 2. The average Bonchev–Trinajstić information content (AvgIpc) is 2.93. The summed E-state index contributed by atoms with van der Waals surface area (Å²) in [7, 11) is 1.75. The lowest BCUT2D eigenvalue weighted by atomic mass is 10.1. The maximum atomic E-state index is 13.1. The second-order valence-corrected chi connectivity index (χ2v) is 5.53. The molecular weight excluding hydrogens is 420 g/mol. The van der Waals surface area contributed by atoms with Crippen molar-refractivity contribution in [1.29, 1.82) is 0 Å². The molecule has 0 amide bonds. The van der Waals surface area contributed by atoms with E-state index in [4.69, 9.17) is 0 Å². The van der Waals surface area contributed by atoms with Crippen LogP contribution in [-0.4, -0.2) is 35.9 Å². The van der Waals surface area contributed by atoms with Crippen molar-refractivity contribution < 1.29 is 4.39 Å². The Bertz CT molecular complexity index is 669. The lowest BCUT2D eigenvalue weighted by molar-refractivity contribution is 0.597. The van der Waals surface area contributed by atoms with Crippen molar-refractivity contribution in [3.05, 3.63) is 53.1 Å². The number of hydrogen-bond acceptors (Lipinski definition) is 2. The number of halogens is 2. The van der Waals surface area contributed by atoms with Crippen LogP contribution < -0.4 is 10.6 Å². The van der Waals surface area contributed by atoms with E-state index in [1.807, 2.05) is 37.0 Å². The zero-order valence-corrected chi connectivity index (χ0v) is 16.7. The molecule has 0 saturated heterocycles. The van der Waals surface area contributed by atoms with Gasteiger partial charge in [0, 0.05) is 26.3 Å². The topological polar surface area (TPSA) is 54.2 Å². The molecule has 24 heavy (non-hydrogen) atoms. The van der Waals surface area contributed by atoms with Gasteiger partial charge in [0.1, 0.15) is 5.82 Å². The number of benzene rings is 1. The highest BCUT2D eigenvalue weighted by atomic mass is 127. The van der Waals surface area contributed by atoms with Crippen LogP contribution >= 0.6 is 24.0 Å². The number of aryl methyl sites for hydroxylation is 2. The molecule has 1 aromatic carbocycles. The predicted octanol–water partition coefficient (Wildman–Crippen LogP) is 2.66. The molecule has 0 aliphatic carbocycles. The summed E-state index contributed by atoms with van der Waals surface area (Å²) in [6.07, 6.45) is 4.68. The minimum atomic E-state index is -0.189. The first-order chi connectivity index (χ1) is 11.1. The monoisotopic (exact) mass is 445 g/mol. The quantitative estimate of drug-likeness (QED) is 0.409. The van der Waals surface area contributed by atoms with Crippen molar-refractivity contribution in [2.45, 2.75) is 26.8 Å². The van der Waals surface area contributed by atoms with Gasteiger partial charge in [-0.2, -0.15) is 5.10 Å². The van der Waals surface area contributed by atoms with Gasteiger partial charge in [-0.05, 0) is 49.1 Å². The van der Waals surface area contributed by atoms with E-state index in [1.165, 1.54) is 6.07 Å². The van der Waals surface area contributed by atoms with E-state index in [1.54, 1.807) is 13.1 Å². The minimum absolute atomic E-state index is 0. The Morgan fingerprint density at radius 2 is 2.00 bits per heavy atom. The summed E-state index contributed by atoms with van der Waals surface area (Å²) >= 11 is 0. The number of hydrogen-bond donors (Lipinski definition) is 2. The second kappa shape index (κ2) is 10.3. The Kier molecular flexibility index (Phi) is 8.73. The summed E-state index contributed by atoms with van der Waals surface area (Å²) in [6, 6.07) is 4.90. The first kappa shape index (κ1) is 20.4. The molecule has 0 unspecified atom stereocenters. The van der Waals surface area contributed by atoms with Crippen LogP contribution in [0.4, 0.5) is 4.39 Å². The molecule has 1 aromatic heterocycles. The van der Waals surface area contributed by atoms with Gasteiger partial charge in [0.15, 0.2) is 5.96 Å². The molecule has 7 heteroatoms. The van der Waals surface area contributed by atoms with Crippen LogP contribution in [0.15, 0.2) is 35.6 Å². The highest BCUT2D eigenvalue weighted by Crippen LogP contribution is 2.10. The van der Waals surface area contributed by atoms with E-state index in [2.05, 4.69) is 20.7 Å². The molecule has 2 rings (SSSR count). The fourth-order valence-electron chi connectivity index (χ4n) is 2.35. The molecule has 0 bridgehead atoms. The Hall–Kier alpha value is -1.64. The number of rotatable bonds is 6. The van der Waals surface area contributed by atoms with E-state index in [9.17, 15) is 4.39 Å². The second-order valence-electron chi connectivity index (χ2n) is 5.53. The van der Waals surface area contributed by atoms with E-state index < -0.39 is 0 Å². The summed E-state index contributed by atoms with van der Waals surface area (Å²) in [4.78, 5) is 4.20. The van der Waals surface area contributed by atoms with Gasteiger partial charge >= 0.3 is 0 Å². The van der Waals surface area contributed by atoms with E-state index in [0.29, 0.717) is 0 Å². The third kappa shape index (κ3) is 6.46. The molecule has 0 aliphatic heterocycles. The van der Waals surface area contributed by atoms with Crippen LogP contribution in [-0.2, 0) is 13.0 Å². The number of guanidine groups is 1. The lowest BCUT2D eigenvalue weighted by Crippen LogP contribution is -2.39. The first-order valence-electron chi connectivity index (χ1n) is 7.77. The number of nitrogens with zero attached hydrogens (tertiary/aromatic N) is 3. The summed E-state index contributed by atoms with van der Waals surface area (Å²) in [6.45, 7) is 6.22. The van der Waals surface area contributed by atoms with Crippen molar-refractivity contribution in [2.24, 2.45) is 4.99 Å². The van der Waals surface area contributed by atoms with Crippen LogP contribution in [0.5, 0.6) is 0 Å². The van der Waals surface area contributed by atoms with Gasteiger partial charge in [0.25, 0.3) is 0 Å². The van der Waals surface area contributed by atoms with Crippen LogP contribution in [0.2, 0.25) is 0 Å². The van der Waals surface area contributed by atoms with Crippen molar-refractivity contribution >= 4 is 29.9 Å². The SMILES string of the molecule is CN=C(NCCc1ccc(F)cc1C)NCCn1cc(C)cn1.I. The van der Waals surface area contributed by atoms with Gasteiger partial charge in [-0.1, -0.05) is 6.07 Å². The van der Waals surface area contributed by atoms with Crippen molar-refractivity contribution in [3.8, 4) is 0 Å². The molecule has 0 radical (unpaired) electrons. The Labute approximate surface area is 159 Å². The lowest BCUT2D eigenvalue weighted by Gasteiger charge is -2.12. The molecular formula is C17H25FIN5. The Morgan fingerprint density at radius 1 is 1.25 bits per heavy atom. The van der Waals surface area contributed by atoms with Gasteiger partial charge in [-0.15, -0.1) is 24.0 Å². The number of aliphatic imine (C=N–C) groups is 1. The fraction of sp³-hybridized carbons (Fsp3) is 0.412. The maximum absolute atomic E-state index is 13.1. The number of aromatic nitrogens is 2. The molecule has 5 nitrogen and oxygen atoms in total. The summed E-state index contributed by atoms with van der Waals surface area (Å²) < 4.78 is 15.0. The summed E-state index contributed by atoms with van der Waals surface area (Å²) in [5.41, 5.74) is 3.27. The van der Waals surface area contributed by atoms with Gasteiger partial charge in [-0.3, -0.25) is 9.67 Å². The highest BCUT2D eigenvalue weighted by molar-refractivity contribution is 14.0. The Balaban J connectivity index is 0.00000288. The predicted molar refractivity (Wildman–Crippen MR) is 107 cm³/mol. The molecule has 0 atom stereocenters. The van der Waals surface area contributed by atoms with Crippen molar-refractivity contribution in [3.63, 3.8) is 0 Å². The van der Waals surface area contributed by atoms with Crippen LogP contribution in [0.25, 0.3) is 0 Å². The largest absolute Gasteiger partial charge is 0.356 e. The Morgan fingerprint density at radius 3 is 2.62 bits per heavy atom. The average molecular weight is 445 g/mol. The van der Waals surface area contributed by atoms with E-state index in [-0.39, 0.29) is 29.8 Å². The third-order valence-electron chi connectivity index (χ3n) is 3.61. The van der Waals surface area contributed by atoms with Gasteiger partial charge < -0.3 is 10.6 Å². The van der Waals surface area contributed by atoms with Gasteiger partial charge in [-0.25, -0.2) is 4.39 Å². The molecule has 2 N–H and O–H groups in total. The van der Waals surface area contributed by atoms with Crippen LogP contribution in [0.3, 0.4) is 0 Å².